The van der Waals surface area contributed by atoms with E-state index in [1.165, 1.54) is 16.0 Å². The fraction of sp³-hybridized carbons (Fsp3) is 0.333. The maximum absolute atomic E-state index is 5.72. The fourth-order valence-corrected chi connectivity index (χ4v) is 2.92. The van der Waals surface area contributed by atoms with Gasteiger partial charge in [0.1, 0.15) is 5.75 Å². The van der Waals surface area contributed by atoms with Crippen LogP contribution < -0.4 is 10.1 Å². The average molecular weight is 261 g/mol. The van der Waals surface area contributed by atoms with Crippen molar-refractivity contribution >= 4 is 11.3 Å². The Labute approximate surface area is 113 Å². The molecule has 1 aromatic heterocycles. The molecule has 2 aromatic rings. The van der Waals surface area contributed by atoms with Crippen molar-refractivity contribution in [3.8, 4) is 5.75 Å². The minimum absolute atomic E-state index is 0.194. The molecule has 3 heteroatoms. The standard InChI is InChI=1S/C15H19NOS/c1-4-17-14-8-6-5-7-13(14)15(16-3)12-9-10-18-11(12)2/h5-10,15-16H,4H2,1-3H3. The molecule has 1 unspecified atom stereocenters. The number of hydrogen-bond donors (Lipinski definition) is 1. The van der Waals surface area contributed by atoms with E-state index < -0.39 is 0 Å². The van der Waals surface area contributed by atoms with E-state index in [4.69, 9.17) is 4.74 Å². The van der Waals surface area contributed by atoms with E-state index in [1.807, 2.05) is 26.1 Å². The van der Waals surface area contributed by atoms with Gasteiger partial charge in [0.2, 0.25) is 0 Å². The highest BCUT2D eigenvalue weighted by molar-refractivity contribution is 7.10. The number of para-hydroxylation sites is 1. The molecule has 0 saturated carbocycles. The van der Waals surface area contributed by atoms with E-state index in [0.717, 1.165) is 5.75 Å². The maximum atomic E-state index is 5.72. The fourth-order valence-electron chi connectivity index (χ4n) is 2.18. The van der Waals surface area contributed by atoms with Crippen LogP contribution in [0.3, 0.4) is 0 Å². The molecule has 0 aliphatic heterocycles. The lowest BCUT2D eigenvalue weighted by atomic mass is 9.99. The molecular weight excluding hydrogens is 242 g/mol. The molecule has 0 aliphatic rings. The van der Waals surface area contributed by atoms with Gasteiger partial charge in [-0.2, -0.15) is 0 Å². The van der Waals surface area contributed by atoms with Crippen molar-refractivity contribution in [3.63, 3.8) is 0 Å². The van der Waals surface area contributed by atoms with E-state index in [9.17, 15) is 0 Å². The Balaban J connectivity index is 2.42. The summed E-state index contributed by atoms with van der Waals surface area (Å²) in [4.78, 5) is 1.35. The van der Waals surface area contributed by atoms with Crippen LogP contribution in [-0.4, -0.2) is 13.7 Å². The second-order valence-corrected chi connectivity index (χ2v) is 5.24. The van der Waals surface area contributed by atoms with Crippen LogP contribution in [0.2, 0.25) is 0 Å². The molecule has 96 valence electrons. The third-order valence-corrected chi connectivity index (χ3v) is 3.89. The van der Waals surface area contributed by atoms with Crippen LogP contribution in [-0.2, 0) is 0 Å². The summed E-state index contributed by atoms with van der Waals surface area (Å²) in [7, 11) is 1.99. The molecule has 1 atom stereocenters. The first-order valence-electron chi connectivity index (χ1n) is 6.21. The van der Waals surface area contributed by atoms with Crippen LogP contribution in [0.25, 0.3) is 0 Å². The molecule has 0 fully saturated rings. The van der Waals surface area contributed by atoms with E-state index in [1.54, 1.807) is 11.3 Å². The Kier molecular flexibility index (Phi) is 4.39. The normalized spacial score (nSPS) is 12.4. The number of nitrogens with one attached hydrogen (secondary N) is 1. The van der Waals surface area contributed by atoms with E-state index >= 15 is 0 Å². The SMILES string of the molecule is CCOc1ccccc1C(NC)c1ccsc1C. The van der Waals surface area contributed by atoms with Crippen molar-refractivity contribution in [2.75, 3.05) is 13.7 Å². The van der Waals surface area contributed by atoms with Crippen LogP contribution in [0, 0.1) is 6.92 Å². The van der Waals surface area contributed by atoms with Crippen molar-refractivity contribution in [1.29, 1.82) is 0 Å². The third-order valence-electron chi connectivity index (χ3n) is 3.03. The summed E-state index contributed by atoms with van der Waals surface area (Å²) in [6.45, 7) is 4.87. The van der Waals surface area contributed by atoms with Gasteiger partial charge >= 0.3 is 0 Å². The van der Waals surface area contributed by atoms with E-state index in [-0.39, 0.29) is 6.04 Å². The quantitative estimate of drug-likeness (QED) is 0.884. The first kappa shape index (κ1) is 13.1. The Morgan fingerprint density at radius 3 is 2.61 bits per heavy atom. The molecule has 1 N–H and O–H groups in total. The topological polar surface area (TPSA) is 21.3 Å². The first-order chi connectivity index (χ1) is 8.77. The Bertz CT molecular complexity index is 507. The van der Waals surface area contributed by atoms with Crippen molar-refractivity contribution in [2.24, 2.45) is 0 Å². The van der Waals surface area contributed by atoms with Crippen LogP contribution >= 0.6 is 11.3 Å². The molecule has 0 amide bonds. The van der Waals surface area contributed by atoms with Gasteiger partial charge in [-0.3, -0.25) is 0 Å². The Morgan fingerprint density at radius 1 is 1.22 bits per heavy atom. The third kappa shape index (κ3) is 2.57. The summed E-state index contributed by atoms with van der Waals surface area (Å²) in [5, 5.41) is 5.52. The second-order valence-electron chi connectivity index (χ2n) is 4.12. The minimum atomic E-state index is 0.194. The zero-order chi connectivity index (χ0) is 13.0. The molecule has 0 aliphatic carbocycles. The van der Waals surface area contributed by atoms with Gasteiger partial charge in [0.05, 0.1) is 12.6 Å². The van der Waals surface area contributed by atoms with Crippen LogP contribution in [0.1, 0.15) is 29.0 Å². The lowest BCUT2D eigenvalue weighted by Crippen LogP contribution is -2.18. The van der Waals surface area contributed by atoms with E-state index in [2.05, 4.69) is 35.8 Å². The van der Waals surface area contributed by atoms with Crippen LogP contribution in [0.15, 0.2) is 35.7 Å². The summed E-state index contributed by atoms with van der Waals surface area (Å²) < 4.78 is 5.72. The second kappa shape index (κ2) is 6.03. The van der Waals surface area contributed by atoms with Crippen molar-refractivity contribution in [1.82, 2.24) is 5.32 Å². The zero-order valence-corrected chi connectivity index (χ0v) is 11.9. The van der Waals surface area contributed by atoms with Gasteiger partial charge in [-0.25, -0.2) is 0 Å². The number of benzene rings is 1. The predicted molar refractivity (Wildman–Crippen MR) is 77.6 cm³/mol. The number of thiophene rings is 1. The molecule has 0 saturated heterocycles. The van der Waals surface area contributed by atoms with Gasteiger partial charge < -0.3 is 10.1 Å². The molecule has 0 bridgehead atoms. The maximum Gasteiger partial charge on any atom is 0.124 e. The highest BCUT2D eigenvalue weighted by Gasteiger charge is 2.18. The minimum Gasteiger partial charge on any atom is -0.494 e. The Morgan fingerprint density at radius 2 is 2.00 bits per heavy atom. The van der Waals surface area contributed by atoms with Gasteiger partial charge in [-0.15, -0.1) is 11.3 Å². The zero-order valence-electron chi connectivity index (χ0n) is 11.1. The first-order valence-corrected chi connectivity index (χ1v) is 7.08. The monoisotopic (exact) mass is 261 g/mol. The molecule has 18 heavy (non-hydrogen) atoms. The smallest absolute Gasteiger partial charge is 0.124 e. The summed E-state index contributed by atoms with van der Waals surface area (Å²) in [6, 6.07) is 10.6. The summed E-state index contributed by atoms with van der Waals surface area (Å²) in [6.07, 6.45) is 0. The summed E-state index contributed by atoms with van der Waals surface area (Å²) in [5.41, 5.74) is 2.53. The molecule has 2 nitrogen and oxygen atoms in total. The van der Waals surface area contributed by atoms with Crippen molar-refractivity contribution in [3.05, 3.63) is 51.7 Å². The molecule has 2 rings (SSSR count). The molecule has 1 aromatic carbocycles. The molecular formula is C15H19NOS. The highest BCUT2D eigenvalue weighted by atomic mass is 32.1. The van der Waals surface area contributed by atoms with Crippen molar-refractivity contribution in [2.45, 2.75) is 19.9 Å². The highest BCUT2D eigenvalue weighted by Crippen LogP contribution is 2.33. The molecule has 0 spiro atoms. The number of hydrogen-bond acceptors (Lipinski definition) is 3. The summed E-state index contributed by atoms with van der Waals surface area (Å²) in [5.74, 6) is 0.963. The predicted octanol–water partition coefficient (Wildman–Crippen LogP) is 3.76. The van der Waals surface area contributed by atoms with E-state index in [0.29, 0.717) is 6.61 Å². The van der Waals surface area contributed by atoms with Crippen molar-refractivity contribution < 1.29 is 4.74 Å². The average Bonchev–Trinajstić information content (AvgIpc) is 2.79. The number of ether oxygens (including phenoxy) is 1. The van der Waals surface area contributed by atoms with Crippen LogP contribution in [0.5, 0.6) is 5.75 Å². The Hall–Kier alpha value is -1.32. The van der Waals surface area contributed by atoms with Gasteiger partial charge in [-0.1, -0.05) is 18.2 Å². The number of rotatable bonds is 5. The van der Waals surface area contributed by atoms with Gasteiger partial charge in [0, 0.05) is 10.4 Å². The lowest BCUT2D eigenvalue weighted by Gasteiger charge is -2.20. The largest absolute Gasteiger partial charge is 0.494 e. The number of aryl methyl sites for hydroxylation is 1. The lowest BCUT2D eigenvalue weighted by molar-refractivity contribution is 0.334. The summed E-state index contributed by atoms with van der Waals surface area (Å²) >= 11 is 1.78. The molecule has 0 radical (unpaired) electrons. The van der Waals surface area contributed by atoms with Gasteiger partial charge in [0.15, 0.2) is 0 Å². The molecule has 1 heterocycles. The van der Waals surface area contributed by atoms with Gasteiger partial charge in [0.25, 0.3) is 0 Å². The van der Waals surface area contributed by atoms with Gasteiger partial charge in [-0.05, 0) is 44.0 Å². The van der Waals surface area contributed by atoms with Crippen LogP contribution in [0.4, 0.5) is 0 Å².